The molecule has 1 amide bonds. The highest BCUT2D eigenvalue weighted by Gasteiger charge is 2.17. The molecule has 2 N–H and O–H groups in total. The SMILES string of the molecule is [2H]C([2H])([2H])Oc1cc(N(C)CCN(C)C)c(NC(=O)/C=C/C=C)cc1Nc1nccc(-c2cn(C([2H])([2H])[2H])c3ccccc23)n1. The van der Waals surface area contributed by atoms with Gasteiger partial charge in [0.15, 0.2) is 0 Å². The minimum Gasteiger partial charge on any atom is -0.494 e. The zero-order valence-corrected chi connectivity index (χ0v) is 22.1. The summed E-state index contributed by atoms with van der Waals surface area (Å²) in [6, 6.07) is 11.8. The third-order valence-electron chi connectivity index (χ3n) is 6.03. The molecule has 0 aliphatic heterocycles. The Balaban J connectivity index is 1.81. The molecule has 202 valence electrons. The van der Waals surface area contributed by atoms with E-state index in [1.807, 2.05) is 43.1 Å². The van der Waals surface area contributed by atoms with Gasteiger partial charge >= 0.3 is 0 Å². The molecule has 0 fully saturated rings. The van der Waals surface area contributed by atoms with Crippen molar-refractivity contribution >= 4 is 39.8 Å². The summed E-state index contributed by atoms with van der Waals surface area (Å²) in [4.78, 5) is 25.5. The topological polar surface area (TPSA) is 87.5 Å². The lowest BCUT2D eigenvalue weighted by atomic mass is 10.1. The number of hydrogen-bond donors (Lipinski definition) is 2. The number of amides is 1. The van der Waals surface area contributed by atoms with Crippen molar-refractivity contribution in [2.75, 3.05) is 56.8 Å². The molecule has 0 radical (unpaired) electrons. The van der Waals surface area contributed by atoms with Gasteiger partial charge in [-0.3, -0.25) is 4.79 Å². The molecule has 4 aromatic rings. The Morgan fingerprint density at radius 2 is 2.03 bits per heavy atom. The smallest absolute Gasteiger partial charge is 0.248 e. The number of hydrogen-bond acceptors (Lipinski definition) is 7. The first kappa shape index (κ1) is 20.3. The van der Waals surface area contributed by atoms with E-state index >= 15 is 0 Å². The second kappa shape index (κ2) is 12.3. The average molecular weight is 532 g/mol. The van der Waals surface area contributed by atoms with Gasteiger partial charge in [0.05, 0.1) is 33.9 Å². The lowest BCUT2D eigenvalue weighted by Crippen LogP contribution is -2.29. The predicted octanol–water partition coefficient (Wildman–Crippen LogP) is 5.07. The first-order chi connectivity index (χ1) is 21.2. The third kappa shape index (κ3) is 6.45. The fourth-order valence-electron chi connectivity index (χ4n) is 4.04. The van der Waals surface area contributed by atoms with E-state index in [0.717, 1.165) is 0 Å². The van der Waals surface area contributed by atoms with Gasteiger partial charge in [-0.05, 0) is 32.3 Å². The number of ether oxygens (including phenoxy) is 1. The van der Waals surface area contributed by atoms with Crippen molar-refractivity contribution in [3.8, 4) is 17.0 Å². The van der Waals surface area contributed by atoms with Crippen molar-refractivity contribution in [2.45, 2.75) is 0 Å². The zero-order valence-electron chi connectivity index (χ0n) is 28.1. The van der Waals surface area contributed by atoms with Gasteiger partial charge in [-0.15, -0.1) is 0 Å². The van der Waals surface area contributed by atoms with Gasteiger partial charge in [-0.1, -0.05) is 36.9 Å². The number of fused-ring (bicyclic) bond motifs is 1. The van der Waals surface area contributed by atoms with Crippen LogP contribution in [0, 0.1) is 0 Å². The molecular formula is C30H35N7O2. The number of benzene rings is 2. The van der Waals surface area contributed by atoms with Crippen LogP contribution in [0.2, 0.25) is 0 Å². The van der Waals surface area contributed by atoms with Crippen LogP contribution < -0.4 is 20.3 Å². The molecule has 0 unspecified atom stereocenters. The summed E-state index contributed by atoms with van der Waals surface area (Å²) in [5.74, 6) is -0.350. The van der Waals surface area contributed by atoms with Crippen LogP contribution in [0.5, 0.6) is 5.75 Å². The molecule has 0 aliphatic rings. The quantitative estimate of drug-likeness (QED) is 0.206. The van der Waals surface area contributed by atoms with Crippen LogP contribution in [0.1, 0.15) is 8.22 Å². The van der Waals surface area contributed by atoms with Crippen LogP contribution in [0.25, 0.3) is 22.2 Å². The van der Waals surface area contributed by atoms with Crippen LogP contribution in [0.4, 0.5) is 23.0 Å². The molecule has 0 saturated heterocycles. The zero-order chi connectivity index (χ0) is 32.9. The minimum absolute atomic E-state index is 0.0191. The molecular weight excluding hydrogens is 490 g/mol. The monoisotopic (exact) mass is 531 g/mol. The molecule has 0 bridgehead atoms. The summed E-state index contributed by atoms with van der Waals surface area (Å²) in [6.07, 6.45) is 7.32. The molecule has 2 aromatic carbocycles. The Kier molecular flexibility index (Phi) is 6.40. The van der Waals surface area contributed by atoms with Gasteiger partial charge < -0.3 is 29.7 Å². The molecule has 0 saturated carbocycles. The van der Waals surface area contributed by atoms with Gasteiger partial charge in [0.2, 0.25) is 11.9 Å². The van der Waals surface area contributed by atoms with Crippen molar-refractivity contribution in [1.29, 1.82) is 0 Å². The molecule has 2 heterocycles. The van der Waals surface area contributed by atoms with E-state index in [2.05, 4.69) is 27.2 Å². The number of nitrogens with zero attached hydrogens (tertiary/aromatic N) is 5. The van der Waals surface area contributed by atoms with Gasteiger partial charge in [0.1, 0.15) is 5.75 Å². The highest BCUT2D eigenvalue weighted by atomic mass is 16.5. The summed E-state index contributed by atoms with van der Waals surface area (Å²) in [5.41, 5.74) is 2.62. The summed E-state index contributed by atoms with van der Waals surface area (Å²) in [6.45, 7) is 2.43. The van der Waals surface area contributed by atoms with Crippen molar-refractivity contribution in [2.24, 2.45) is 6.98 Å². The largest absolute Gasteiger partial charge is 0.494 e. The number of rotatable bonds is 11. The molecule has 2 aromatic heterocycles. The van der Waals surface area contributed by atoms with Crippen LogP contribution in [0.15, 0.2) is 79.7 Å². The van der Waals surface area contributed by atoms with Crippen LogP contribution >= 0.6 is 0 Å². The van der Waals surface area contributed by atoms with Crippen LogP contribution in [-0.4, -0.2) is 66.6 Å². The first-order valence-corrected chi connectivity index (χ1v) is 12.2. The third-order valence-corrected chi connectivity index (χ3v) is 6.03. The van der Waals surface area contributed by atoms with E-state index in [1.54, 1.807) is 24.3 Å². The average Bonchev–Trinajstić information content (AvgIpc) is 3.36. The van der Waals surface area contributed by atoms with E-state index in [4.69, 9.17) is 13.0 Å². The number of nitrogens with one attached hydrogen (secondary N) is 2. The highest BCUT2D eigenvalue weighted by Crippen LogP contribution is 2.38. The lowest BCUT2D eigenvalue weighted by Gasteiger charge is -2.26. The maximum Gasteiger partial charge on any atom is 0.248 e. The standard InChI is InChI=1S/C30H35N7O2/c1-7-8-13-29(38)32-24-18-25(28(39-6)19-27(24)36(4)17-16-35(2)3)34-30-31-15-14-23(33-30)22-20-37(5)26-12-10-9-11-21(22)26/h7-15,18-20H,1,16-17H2,2-6H3,(H,32,38)(H,31,33,34)/b13-8+/i5D3,6D3. The number of aryl methyl sites for hydroxylation is 1. The fourth-order valence-corrected chi connectivity index (χ4v) is 4.04. The Morgan fingerprint density at radius 3 is 2.79 bits per heavy atom. The minimum atomic E-state index is -2.78. The molecule has 9 heteroatoms. The van der Waals surface area contributed by atoms with Crippen molar-refractivity contribution in [3.63, 3.8) is 0 Å². The van der Waals surface area contributed by atoms with E-state index in [9.17, 15) is 4.79 Å². The number of para-hydroxylation sites is 1. The fraction of sp³-hybridized carbons (Fsp3) is 0.233. The Bertz CT molecular complexity index is 1710. The summed E-state index contributed by atoms with van der Waals surface area (Å²) in [7, 11) is 2.90. The van der Waals surface area contributed by atoms with E-state index in [1.165, 1.54) is 41.3 Å². The maximum atomic E-state index is 12.7. The molecule has 4 rings (SSSR count). The van der Waals surface area contributed by atoms with E-state index in [0.29, 0.717) is 46.6 Å². The summed E-state index contributed by atoms with van der Waals surface area (Å²) < 4.78 is 53.8. The molecule has 39 heavy (non-hydrogen) atoms. The highest BCUT2D eigenvalue weighted by molar-refractivity contribution is 6.02. The predicted molar refractivity (Wildman–Crippen MR) is 160 cm³/mol. The molecule has 0 spiro atoms. The number of allylic oxidation sites excluding steroid dienone is 2. The normalized spacial score (nSPS) is 14.2. The second-order valence-corrected chi connectivity index (χ2v) is 9.10. The van der Waals surface area contributed by atoms with Gasteiger partial charge in [-0.2, -0.15) is 0 Å². The van der Waals surface area contributed by atoms with Gasteiger partial charge in [0, 0.05) is 72.2 Å². The van der Waals surface area contributed by atoms with Gasteiger partial charge in [0.25, 0.3) is 0 Å². The number of methoxy groups -OCH3 is 1. The van der Waals surface area contributed by atoms with Crippen LogP contribution in [0.3, 0.4) is 0 Å². The first-order valence-electron chi connectivity index (χ1n) is 15.2. The number of anilines is 4. The number of likely N-dealkylation sites (N-methyl/N-ethyl adjacent to an activating group) is 2. The maximum absolute atomic E-state index is 12.7. The number of carbonyl (C=O) groups excluding carboxylic acids is 1. The Hall–Kier alpha value is -4.63. The summed E-state index contributed by atoms with van der Waals surface area (Å²) >= 11 is 0. The Labute approximate surface area is 237 Å². The molecule has 9 nitrogen and oxygen atoms in total. The second-order valence-electron chi connectivity index (χ2n) is 9.10. The van der Waals surface area contributed by atoms with E-state index in [-0.39, 0.29) is 17.4 Å². The van der Waals surface area contributed by atoms with Crippen molar-refractivity contribution < 1.29 is 17.8 Å². The molecule has 0 aliphatic carbocycles. The van der Waals surface area contributed by atoms with Crippen molar-refractivity contribution in [1.82, 2.24) is 19.4 Å². The number of carbonyl (C=O) groups is 1. The van der Waals surface area contributed by atoms with E-state index < -0.39 is 19.9 Å². The number of aromatic nitrogens is 3. The summed E-state index contributed by atoms with van der Waals surface area (Å²) in [5, 5.41) is 6.57. The van der Waals surface area contributed by atoms with Gasteiger partial charge in [-0.25, -0.2) is 9.97 Å². The molecule has 0 atom stereocenters. The Morgan fingerprint density at radius 1 is 1.18 bits per heavy atom. The van der Waals surface area contributed by atoms with Crippen molar-refractivity contribution in [3.05, 3.63) is 79.7 Å². The van der Waals surface area contributed by atoms with Crippen LogP contribution in [-0.2, 0) is 11.8 Å². The lowest BCUT2D eigenvalue weighted by molar-refractivity contribution is -0.111.